The van der Waals surface area contributed by atoms with E-state index in [-0.39, 0.29) is 23.1 Å². The Balaban J connectivity index is 1.58. The fraction of sp³-hybridized carbons (Fsp3) is 0.659. The number of Topliss-reactive ketones (excluding diaryl/α,β-unsaturated/α-hetero) is 1. The van der Waals surface area contributed by atoms with Crippen LogP contribution in [0.1, 0.15) is 99.4 Å². The Labute approximate surface area is 359 Å². The lowest BCUT2D eigenvalue weighted by Crippen LogP contribution is -2.82. The average Bonchev–Trinajstić information content (AvgIpc) is 3.38. The molecule has 0 aromatic heterocycles. The summed E-state index contributed by atoms with van der Waals surface area (Å²) in [5.74, 6) is -6.47. The molecule has 2 saturated heterocycles. The van der Waals surface area contributed by atoms with Gasteiger partial charge in [-0.1, -0.05) is 32.0 Å². The maximum absolute atomic E-state index is 15.6. The fourth-order valence-electron chi connectivity index (χ4n) is 10.2. The lowest BCUT2D eigenvalue weighted by molar-refractivity contribution is -0.345. The molecule has 0 radical (unpaired) electrons. The number of cyclic esters (lactones) is 1. The van der Waals surface area contributed by atoms with Crippen molar-refractivity contribution in [3.8, 4) is 0 Å². The molecule has 340 valence electrons. The van der Waals surface area contributed by atoms with E-state index in [2.05, 4.69) is 5.32 Å². The Morgan fingerprint density at radius 3 is 2.11 bits per heavy atom. The minimum atomic E-state index is -2.48. The van der Waals surface area contributed by atoms with Crippen LogP contribution in [-0.2, 0) is 57.1 Å². The number of carbonyl (C=O) groups excluding carboxylic acids is 7. The second kappa shape index (κ2) is 15.3. The first-order valence-corrected chi connectivity index (χ1v) is 20.4. The van der Waals surface area contributed by atoms with Crippen LogP contribution >= 0.6 is 0 Å². The van der Waals surface area contributed by atoms with Crippen LogP contribution in [0.2, 0.25) is 0 Å². The first kappa shape index (κ1) is 46.4. The van der Waals surface area contributed by atoms with E-state index in [0.717, 1.165) is 14.0 Å². The molecule has 18 heteroatoms. The molecule has 1 amide bonds. The summed E-state index contributed by atoms with van der Waals surface area (Å²) in [6.45, 7) is 15.8. The van der Waals surface area contributed by atoms with E-state index in [0.29, 0.717) is 0 Å². The van der Waals surface area contributed by atoms with E-state index in [4.69, 9.17) is 37.9 Å². The number of fused-ring (bicyclic) bond motifs is 5. The van der Waals surface area contributed by atoms with Gasteiger partial charge in [-0.2, -0.15) is 0 Å². The molecule has 4 unspecified atom stereocenters. The van der Waals surface area contributed by atoms with Gasteiger partial charge in [-0.25, -0.2) is 19.2 Å². The number of amides is 1. The molecule has 2 aliphatic heterocycles. The van der Waals surface area contributed by atoms with Crippen LogP contribution in [0.3, 0.4) is 0 Å². The van der Waals surface area contributed by atoms with Crippen LogP contribution in [0.4, 0.5) is 9.59 Å². The monoisotopic (exact) mass is 871 g/mol. The van der Waals surface area contributed by atoms with E-state index in [1.165, 1.54) is 60.6 Å². The summed E-state index contributed by atoms with van der Waals surface area (Å²) in [6.07, 6.45) is -11.3. The number of hydrogen-bond donors (Lipinski definition) is 3. The van der Waals surface area contributed by atoms with Gasteiger partial charge in [0.05, 0.1) is 48.2 Å². The zero-order chi connectivity index (χ0) is 46.3. The van der Waals surface area contributed by atoms with Gasteiger partial charge in [-0.3, -0.25) is 14.4 Å². The molecule has 1 aromatic rings. The van der Waals surface area contributed by atoms with Crippen molar-refractivity contribution in [2.45, 2.75) is 148 Å². The number of hydrogen-bond acceptors (Lipinski definition) is 17. The molecular formula is C44H57NO17. The van der Waals surface area contributed by atoms with Crippen molar-refractivity contribution in [2.75, 3.05) is 13.7 Å². The summed E-state index contributed by atoms with van der Waals surface area (Å²) in [5, 5.41) is 28.5. The predicted octanol–water partition coefficient (Wildman–Crippen LogP) is 3.66. The summed E-state index contributed by atoms with van der Waals surface area (Å²) in [4.78, 5) is 97.0. The molecule has 2 heterocycles. The number of methoxy groups -OCH3 is 1. The third-order valence-electron chi connectivity index (χ3n) is 13.8. The molecule has 11 atom stereocenters. The molecule has 2 saturated carbocycles. The van der Waals surface area contributed by atoms with Crippen molar-refractivity contribution in [3.63, 3.8) is 0 Å². The first-order chi connectivity index (χ1) is 28.5. The third kappa shape index (κ3) is 7.20. The van der Waals surface area contributed by atoms with Crippen molar-refractivity contribution in [1.29, 1.82) is 0 Å². The van der Waals surface area contributed by atoms with Crippen LogP contribution in [-0.4, -0.2) is 125 Å². The zero-order valence-electron chi connectivity index (χ0n) is 37.1. The lowest BCUT2D eigenvalue weighted by atomic mass is 9.44. The Morgan fingerprint density at radius 2 is 1.56 bits per heavy atom. The number of nitrogens with one attached hydrogen (secondary N) is 1. The maximum atomic E-state index is 15.6. The predicted molar refractivity (Wildman–Crippen MR) is 212 cm³/mol. The Kier molecular flexibility index (Phi) is 11.5. The number of rotatable bonds is 7. The number of esters is 4. The van der Waals surface area contributed by atoms with Crippen LogP contribution < -0.4 is 5.32 Å². The minimum absolute atomic E-state index is 0.0358. The molecule has 4 fully saturated rings. The quantitative estimate of drug-likeness (QED) is 0.201. The maximum Gasteiger partial charge on any atom is 0.508 e. The van der Waals surface area contributed by atoms with E-state index < -0.39 is 136 Å². The van der Waals surface area contributed by atoms with E-state index in [9.17, 15) is 39.0 Å². The van der Waals surface area contributed by atoms with Crippen molar-refractivity contribution in [1.82, 2.24) is 5.32 Å². The highest BCUT2D eigenvalue weighted by atomic mass is 16.8. The number of alkyl carbamates (subject to hydrolysis) is 1. The summed E-state index contributed by atoms with van der Waals surface area (Å²) in [6, 6.07) is 6.42. The largest absolute Gasteiger partial charge is 0.508 e. The van der Waals surface area contributed by atoms with Gasteiger partial charge in [-0.15, -0.1) is 0 Å². The van der Waals surface area contributed by atoms with E-state index >= 15 is 4.79 Å². The average molecular weight is 872 g/mol. The molecule has 2 bridgehead atoms. The summed E-state index contributed by atoms with van der Waals surface area (Å²) >= 11 is 0. The second-order valence-electron chi connectivity index (χ2n) is 19.5. The van der Waals surface area contributed by atoms with Crippen molar-refractivity contribution < 1.29 is 81.7 Å². The van der Waals surface area contributed by atoms with Gasteiger partial charge in [0.1, 0.15) is 29.0 Å². The topological polar surface area (TPSA) is 246 Å². The Bertz CT molecular complexity index is 2090. The van der Waals surface area contributed by atoms with Crippen LogP contribution in [0, 0.1) is 22.2 Å². The summed E-state index contributed by atoms with van der Waals surface area (Å²) in [7, 11) is 1.06. The van der Waals surface area contributed by atoms with Crippen LogP contribution in [0.25, 0.3) is 0 Å². The van der Waals surface area contributed by atoms with E-state index in [1.807, 2.05) is 0 Å². The number of aliphatic hydroxyl groups excluding tert-OH is 1. The van der Waals surface area contributed by atoms with Gasteiger partial charge >= 0.3 is 36.1 Å². The first-order valence-electron chi connectivity index (χ1n) is 20.4. The molecule has 1 aromatic carbocycles. The van der Waals surface area contributed by atoms with Gasteiger partial charge in [0.2, 0.25) is 6.10 Å². The fourth-order valence-corrected chi connectivity index (χ4v) is 10.2. The van der Waals surface area contributed by atoms with Crippen LogP contribution in [0.5, 0.6) is 0 Å². The summed E-state index contributed by atoms with van der Waals surface area (Å²) in [5.41, 5.74) is -12.5. The van der Waals surface area contributed by atoms with Gasteiger partial charge in [-0.05, 0) is 78.7 Å². The standard InChI is InChI=1S/C44H57NO17/c1-21-26-27(57-22(2)46)31(48)42(11)24(47)18-25-43(20-56-25,62-37(53)55-12)29(42)32(59-33(49)23-16-14-13-15-17-23)44(54,40(26,8)9)19-41(21,10)60-34(50)28-30(39(6,7)35(51)58-28)45-36(52)61-38(3,4)5/h13-17,24-25,27-30,32,47,54H,18-20H2,1-12H3,(H,45,52)/t24?,25-,27-,28?,29?,30-,32?,41+,42-,43+,44-/m1/s1. The molecule has 5 aliphatic rings. The normalized spacial score (nSPS) is 36.8. The molecule has 3 aliphatic carbocycles. The highest BCUT2D eigenvalue weighted by Crippen LogP contribution is 2.65. The van der Waals surface area contributed by atoms with Gasteiger partial charge in [0.25, 0.3) is 0 Å². The minimum Gasteiger partial charge on any atom is -0.455 e. The molecule has 62 heavy (non-hydrogen) atoms. The van der Waals surface area contributed by atoms with Gasteiger partial charge in [0.15, 0.2) is 17.5 Å². The molecule has 18 nitrogen and oxygen atoms in total. The second-order valence-corrected chi connectivity index (χ2v) is 19.5. The summed E-state index contributed by atoms with van der Waals surface area (Å²) < 4.78 is 46.3. The number of carbonyl (C=O) groups is 7. The molecule has 3 N–H and O–H groups in total. The van der Waals surface area contributed by atoms with E-state index in [1.54, 1.807) is 39.0 Å². The zero-order valence-corrected chi connectivity index (χ0v) is 37.1. The van der Waals surface area contributed by atoms with Crippen molar-refractivity contribution in [3.05, 3.63) is 47.0 Å². The number of ether oxygens (including phenoxy) is 8. The SMILES string of the molecule is COC(=O)O[C@@]12CO[C@@H]1CC(O)[C@@]1(C)C(=O)[C@H](OC(C)=O)C3=C(C)[C@@](C)(OC(=O)C4OC(=O)C(C)(C)[C@@H]4NC(=O)OC(C)(C)C)C[C@@](O)(C(OC(=O)c4ccccc4)C12)C3(C)C. The van der Waals surface area contributed by atoms with Crippen LogP contribution in [0.15, 0.2) is 41.5 Å². The lowest BCUT2D eigenvalue weighted by Gasteiger charge is -2.67. The molecular weight excluding hydrogens is 814 g/mol. The highest BCUT2D eigenvalue weighted by molar-refractivity contribution is 5.96. The number of ketones is 1. The van der Waals surface area contributed by atoms with Crippen molar-refractivity contribution >= 4 is 41.9 Å². The smallest absolute Gasteiger partial charge is 0.455 e. The number of aliphatic hydroxyl groups is 2. The molecule has 6 rings (SSSR count). The molecule has 0 spiro atoms. The van der Waals surface area contributed by atoms with Gasteiger partial charge in [0, 0.05) is 25.2 Å². The Hall–Kier alpha value is -5.07. The Morgan fingerprint density at radius 1 is 0.935 bits per heavy atom. The van der Waals surface area contributed by atoms with Gasteiger partial charge < -0.3 is 53.4 Å². The van der Waals surface area contributed by atoms with Crippen molar-refractivity contribution in [2.24, 2.45) is 22.2 Å². The number of benzene rings is 1. The highest BCUT2D eigenvalue weighted by Gasteiger charge is 2.79. The third-order valence-corrected chi connectivity index (χ3v) is 13.8.